The highest BCUT2D eigenvalue weighted by Gasteiger charge is 2.09. The Morgan fingerprint density at radius 3 is 2.65 bits per heavy atom. The number of nitrogens with zero attached hydrogens (tertiary/aromatic N) is 1. The summed E-state index contributed by atoms with van der Waals surface area (Å²) in [6, 6.07) is 13.2. The second-order valence-electron chi connectivity index (χ2n) is 4.85. The number of rotatable bonds is 5. The molecule has 3 nitrogen and oxygen atoms in total. The number of benzene rings is 1. The zero-order valence-corrected chi connectivity index (χ0v) is 14.4. The van der Waals surface area contributed by atoms with Gasteiger partial charge in [0.1, 0.15) is 11.5 Å². The van der Waals surface area contributed by atoms with Gasteiger partial charge in [-0.15, -0.1) is 0 Å². The van der Waals surface area contributed by atoms with Crippen LogP contribution in [0.25, 0.3) is 11.3 Å². The van der Waals surface area contributed by atoms with Crippen molar-refractivity contribution in [3.05, 3.63) is 76.2 Å². The zero-order chi connectivity index (χ0) is 15.4. The topological polar surface area (TPSA) is 38.1 Å². The van der Waals surface area contributed by atoms with Crippen LogP contribution in [0.2, 0.25) is 10.0 Å². The minimum Gasteiger partial charge on any atom is -1.00 e. The molecule has 2 heterocycles. The first kappa shape index (κ1) is 17.8. The van der Waals surface area contributed by atoms with Gasteiger partial charge in [0, 0.05) is 29.5 Å². The Labute approximate surface area is 151 Å². The third kappa shape index (κ3) is 4.72. The van der Waals surface area contributed by atoms with Crippen LogP contribution in [-0.4, -0.2) is 4.98 Å². The third-order valence-electron chi connectivity index (χ3n) is 3.21. The van der Waals surface area contributed by atoms with Gasteiger partial charge in [0.2, 0.25) is 0 Å². The minimum atomic E-state index is 0. The van der Waals surface area contributed by atoms with Crippen molar-refractivity contribution in [2.75, 3.05) is 0 Å². The predicted molar refractivity (Wildman–Crippen MR) is 88.9 cm³/mol. The fourth-order valence-corrected chi connectivity index (χ4v) is 2.64. The van der Waals surface area contributed by atoms with Gasteiger partial charge < -0.3 is 22.1 Å². The quantitative estimate of drug-likeness (QED) is 0.748. The number of nitrogens with one attached hydrogen (secondary N) is 1. The molecule has 6 heteroatoms. The van der Waals surface area contributed by atoms with E-state index in [9.17, 15) is 0 Å². The van der Waals surface area contributed by atoms with E-state index in [0.29, 0.717) is 16.6 Å². The summed E-state index contributed by atoms with van der Waals surface area (Å²) in [6.45, 7) is 1.38. The lowest BCUT2D eigenvalue weighted by atomic mass is 10.2. The zero-order valence-electron chi connectivity index (χ0n) is 12.1. The Balaban J connectivity index is 0.00000192. The predicted octanol–water partition coefficient (Wildman–Crippen LogP) is 1.94. The van der Waals surface area contributed by atoms with E-state index in [1.54, 1.807) is 18.3 Å². The van der Waals surface area contributed by atoms with Crippen molar-refractivity contribution in [2.45, 2.75) is 13.1 Å². The van der Waals surface area contributed by atoms with Crippen molar-refractivity contribution in [3.8, 4) is 11.3 Å². The Bertz CT molecular complexity index is 760. The summed E-state index contributed by atoms with van der Waals surface area (Å²) in [6.07, 6.45) is 3.60. The molecular formula is C17H14Cl3N2O-. The molecule has 0 bridgehead atoms. The smallest absolute Gasteiger partial charge is 0.135 e. The van der Waals surface area contributed by atoms with E-state index in [-0.39, 0.29) is 12.4 Å². The van der Waals surface area contributed by atoms with Crippen molar-refractivity contribution in [3.63, 3.8) is 0 Å². The lowest BCUT2D eigenvalue weighted by Gasteiger charge is -2.03. The maximum absolute atomic E-state index is 6.19. The van der Waals surface area contributed by atoms with E-state index in [1.165, 1.54) is 0 Å². The molecule has 0 saturated heterocycles. The van der Waals surface area contributed by atoms with Crippen LogP contribution in [0.4, 0.5) is 0 Å². The summed E-state index contributed by atoms with van der Waals surface area (Å²) in [7, 11) is 0. The van der Waals surface area contributed by atoms with Crippen LogP contribution < -0.4 is 17.7 Å². The SMILES string of the molecule is Clc1ccc(-c2ccc(CNCc3cccnc3)o2)c(Cl)c1.[Cl-]. The Kier molecular flexibility index (Phi) is 6.48. The molecule has 0 aliphatic carbocycles. The molecule has 3 rings (SSSR count). The summed E-state index contributed by atoms with van der Waals surface area (Å²) in [5.41, 5.74) is 1.97. The van der Waals surface area contributed by atoms with Crippen LogP contribution in [0.15, 0.2) is 59.3 Å². The molecule has 0 spiro atoms. The van der Waals surface area contributed by atoms with E-state index in [0.717, 1.165) is 29.2 Å². The second-order valence-corrected chi connectivity index (χ2v) is 5.70. The lowest BCUT2D eigenvalue weighted by molar-refractivity contribution is -0.00000486. The average Bonchev–Trinajstić information content (AvgIpc) is 2.97. The number of hydrogen-bond acceptors (Lipinski definition) is 3. The monoisotopic (exact) mass is 367 g/mol. The van der Waals surface area contributed by atoms with Crippen LogP contribution in [0.5, 0.6) is 0 Å². The summed E-state index contributed by atoms with van der Waals surface area (Å²) in [5.74, 6) is 1.59. The lowest BCUT2D eigenvalue weighted by Crippen LogP contribution is -3.00. The van der Waals surface area contributed by atoms with Crippen LogP contribution in [0, 0.1) is 0 Å². The number of furan rings is 1. The molecule has 0 aliphatic heterocycles. The first-order chi connectivity index (χ1) is 10.7. The van der Waals surface area contributed by atoms with Gasteiger partial charge in [0.15, 0.2) is 0 Å². The molecule has 120 valence electrons. The molecular weight excluding hydrogens is 355 g/mol. The van der Waals surface area contributed by atoms with Gasteiger partial charge in [-0.05, 0) is 42.0 Å². The number of aromatic nitrogens is 1. The summed E-state index contributed by atoms with van der Waals surface area (Å²) in [5, 5.41) is 4.51. The standard InChI is InChI=1S/C17H14Cl2N2O.ClH/c18-13-3-5-15(16(19)8-13)17-6-4-14(22-17)11-21-10-12-2-1-7-20-9-12;/h1-9,21H,10-11H2;1H/p-1. The second kappa shape index (κ2) is 8.37. The van der Waals surface area contributed by atoms with Gasteiger partial charge in [-0.1, -0.05) is 29.3 Å². The Morgan fingerprint density at radius 2 is 1.91 bits per heavy atom. The molecule has 0 radical (unpaired) electrons. The van der Waals surface area contributed by atoms with Crippen LogP contribution in [0.1, 0.15) is 11.3 Å². The first-order valence-electron chi connectivity index (χ1n) is 6.86. The van der Waals surface area contributed by atoms with Gasteiger partial charge in [-0.2, -0.15) is 0 Å². The Morgan fingerprint density at radius 1 is 1.04 bits per heavy atom. The molecule has 0 fully saturated rings. The maximum atomic E-state index is 6.19. The van der Waals surface area contributed by atoms with Crippen molar-refractivity contribution in [1.82, 2.24) is 10.3 Å². The highest BCUT2D eigenvalue weighted by atomic mass is 35.5. The van der Waals surface area contributed by atoms with Crippen LogP contribution >= 0.6 is 23.2 Å². The van der Waals surface area contributed by atoms with E-state index in [1.807, 2.05) is 36.5 Å². The molecule has 23 heavy (non-hydrogen) atoms. The van der Waals surface area contributed by atoms with Crippen LogP contribution in [-0.2, 0) is 13.1 Å². The molecule has 0 amide bonds. The first-order valence-corrected chi connectivity index (χ1v) is 7.62. The maximum Gasteiger partial charge on any atom is 0.135 e. The number of hydrogen-bond donors (Lipinski definition) is 1. The van der Waals surface area contributed by atoms with Crippen LogP contribution in [0.3, 0.4) is 0 Å². The van der Waals surface area contributed by atoms with Gasteiger partial charge in [-0.3, -0.25) is 4.98 Å². The van der Waals surface area contributed by atoms with Gasteiger partial charge >= 0.3 is 0 Å². The number of pyridine rings is 1. The van der Waals surface area contributed by atoms with Gasteiger partial charge in [-0.25, -0.2) is 0 Å². The fourth-order valence-electron chi connectivity index (χ4n) is 2.14. The third-order valence-corrected chi connectivity index (χ3v) is 3.76. The van der Waals surface area contributed by atoms with E-state index in [4.69, 9.17) is 27.6 Å². The largest absolute Gasteiger partial charge is 1.00 e. The van der Waals surface area contributed by atoms with E-state index < -0.39 is 0 Å². The van der Waals surface area contributed by atoms with Crippen molar-refractivity contribution in [1.29, 1.82) is 0 Å². The molecule has 3 aromatic rings. The molecule has 0 unspecified atom stereocenters. The molecule has 1 aromatic carbocycles. The fraction of sp³-hybridized carbons (Fsp3) is 0.118. The average molecular weight is 369 g/mol. The molecule has 0 atom stereocenters. The van der Waals surface area contributed by atoms with Crippen molar-refractivity contribution in [2.24, 2.45) is 0 Å². The van der Waals surface area contributed by atoms with Gasteiger partial charge in [0.25, 0.3) is 0 Å². The molecule has 0 aliphatic rings. The normalized spacial score (nSPS) is 10.3. The van der Waals surface area contributed by atoms with E-state index >= 15 is 0 Å². The molecule has 1 N–H and O–H groups in total. The molecule has 2 aromatic heterocycles. The van der Waals surface area contributed by atoms with E-state index in [2.05, 4.69) is 10.3 Å². The van der Waals surface area contributed by atoms with Gasteiger partial charge in [0.05, 0.1) is 11.6 Å². The highest BCUT2D eigenvalue weighted by molar-refractivity contribution is 6.36. The minimum absolute atomic E-state index is 0. The number of halogens is 3. The summed E-state index contributed by atoms with van der Waals surface area (Å²) >= 11 is 12.1. The highest BCUT2D eigenvalue weighted by Crippen LogP contribution is 2.31. The Hall–Kier alpha value is -1.52. The summed E-state index contributed by atoms with van der Waals surface area (Å²) < 4.78 is 5.82. The van der Waals surface area contributed by atoms with Crippen molar-refractivity contribution >= 4 is 23.2 Å². The molecule has 0 saturated carbocycles. The summed E-state index contributed by atoms with van der Waals surface area (Å²) in [4.78, 5) is 4.08. The van der Waals surface area contributed by atoms with Crippen molar-refractivity contribution < 1.29 is 16.8 Å².